The summed E-state index contributed by atoms with van der Waals surface area (Å²) in [5.41, 5.74) is 1.07. The van der Waals surface area contributed by atoms with Crippen LogP contribution in [0.1, 0.15) is 18.9 Å². The quantitative estimate of drug-likeness (QED) is 0.678. The number of carboxylic acid groups (broad SMARTS) is 1. The van der Waals surface area contributed by atoms with Crippen LogP contribution in [0.5, 0.6) is 5.75 Å². The average Bonchev–Trinajstić information content (AvgIpc) is 2.94. The van der Waals surface area contributed by atoms with Gasteiger partial charge in [0.15, 0.2) is 6.10 Å². The normalized spacial score (nSPS) is 16.5. The third kappa shape index (κ3) is 4.37. The maximum Gasteiger partial charge on any atom is 0.344 e. The molecule has 1 fully saturated rings. The molecule has 1 aliphatic heterocycles. The lowest BCUT2D eigenvalue weighted by Crippen LogP contribution is -2.27. The molecule has 2 aromatic carbocycles. The second kappa shape index (κ2) is 8.50. The number of hydrogen-bond donors (Lipinski definition) is 1. The predicted octanol–water partition coefficient (Wildman–Crippen LogP) is 4.82. The van der Waals surface area contributed by atoms with Crippen molar-refractivity contribution in [3.05, 3.63) is 64.0 Å². The summed E-state index contributed by atoms with van der Waals surface area (Å²) in [4.78, 5) is 37.5. The lowest BCUT2D eigenvalue weighted by molar-refractivity contribution is -0.145. The first-order chi connectivity index (χ1) is 13.4. The van der Waals surface area contributed by atoms with Crippen molar-refractivity contribution >= 4 is 52.2 Å². The summed E-state index contributed by atoms with van der Waals surface area (Å²) in [6, 6.07) is 13.1. The molecule has 144 valence electrons. The van der Waals surface area contributed by atoms with Crippen molar-refractivity contribution in [3.8, 4) is 5.75 Å². The Morgan fingerprint density at radius 3 is 2.61 bits per heavy atom. The van der Waals surface area contributed by atoms with E-state index in [4.69, 9.17) is 21.4 Å². The van der Waals surface area contributed by atoms with Crippen LogP contribution in [-0.4, -0.2) is 28.3 Å². The molecule has 1 aliphatic rings. The Balaban J connectivity index is 1.83. The zero-order valence-electron chi connectivity index (χ0n) is 14.8. The van der Waals surface area contributed by atoms with Crippen LogP contribution in [-0.2, 0) is 9.59 Å². The molecule has 0 bridgehead atoms. The summed E-state index contributed by atoms with van der Waals surface area (Å²) < 4.78 is 5.47. The molecule has 1 atom stereocenters. The number of halogens is 1. The molecule has 1 unspecified atom stereocenters. The molecule has 1 N–H and O–H groups in total. The topological polar surface area (TPSA) is 83.9 Å². The maximum atomic E-state index is 12.7. The Kier molecular flexibility index (Phi) is 6.06. The van der Waals surface area contributed by atoms with E-state index in [9.17, 15) is 14.4 Å². The largest absolute Gasteiger partial charge is 0.479 e. The zero-order chi connectivity index (χ0) is 20.3. The molecule has 28 heavy (non-hydrogen) atoms. The second-order valence-electron chi connectivity index (χ2n) is 5.92. The van der Waals surface area contributed by atoms with Gasteiger partial charge in [-0.2, -0.15) is 0 Å². The van der Waals surface area contributed by atoms with Gasteiger partial charge in [-0.25, -0.2) is 9.69 Å². The molecule has 1 saturated heterocycles. The van der Waals surface area contributed by atoms with Gasteiger partial charge in [-0.05, 0) is 66.2 Å². The summed E-state index contributed by atoms with van der Waals surface area (Å²) in [7, 11) is 0. The van der Waals surface area contributed by atoms with E-state index in [1.54, 1.807) is 61.5 Å². The van der Waals surface area contributed by atoms with Crippen LogP contribution in [0.3, 0.4) is 0 Å². The monoisotopic (exact) mass is 417 g/mol. The van der Waals surface area contributed by atoms with Gasteiger partial charge >= 0.3 is 5.97 Å². The van der Waals surface area contributed by atoms with Gasteiger partial charge in [0.2, 0.25) is 0 Å². The summed E-state index contributed by atoms with van der Waals surface area (Å²) in [5.74, 6) is -1.10. The first-order valence-electron chi connectivity index (χ1n) is 8.42. The minimum atomic E-state index is -1.04. The highest BCUT2D eigenvalue weighted by Crippen LogP contribution is 2.36. The lowest BCUT2D eigenvalue weighted by atomic mass is 10.2. The fourth-order valence-corrected chi connectivity index (χ4v) is 3.55. The Labute approximate surface area is 170 Å². The molecule has 0 spiro atoms. The lowest BCUT2D eigenvalue weighted by Gasteiger charge is -2.13. The molecule has 0 radical (unpaired) electrons. The average molecular weight is 418 g/mol. The van der Waals surface area contributed by atoms with Crippen molar-refractivity contribution in [1.82, 2.24) is 0 Å². The summed E-state index contributed by atoms with van der Waals surface area (Å²) in [6.45, 7) is 1.72. The van der Waals surface area contributed by atoms with Gasteiger partial charge in [-0.1, -0.05) is 30.7 Å². The molecular weight excluding hydrogens is 402 g/mol. The molecule has 2 aromatic rings. The van der Waals surface area contributed by atoms with Crippen LogP contribution < -0.4 is 9.64 Å². The molecular formula is C20H16ClNO5S. The molecule has 0 aromatic heterocycles. The molecule has 3 rings (SSSR count). The third-order valence-corrected chi connectivity index (χ3v) is 5.08. The van der Waals surface area contributed by atoms with Gasteiger partial charge in [0.25, 0.3) is 11.1 Å². The number of carbonyl (C=O) groups excluding carboxylic acids is 2. The van der Waals surface area contributed by atoms with Crippen LogP contribution in [0, 0.1) is 0 Å². The number of aliphatic carboxylic acids is 1. The van der Waals surface area contributed by atoms with Crippen molar-refractivity contribution in [2.45, 2.75) is 19.4 Å². The Morgan fingerprint density at radius 2 is 1.96 bits per heavy atom. The summed E-state index contributed by atoms with van der Waals surface area (Å²) in [5, 5.41) is 9.22. The number of nitrogens with zero attached hydrogens (tertiary/aromatic N) is 1. The Hall–Kier alpha value is -2.77. The summed E-state index contributed by atoms with van der Waals surface area (Å²) >= 11 is 6.69. The van der Waals surface area contributed by atoms with Crippen LogP contribution in [0.15, 0.2) is 53.4 Å². The van der Waals surface area contributed by atoms with Crippen LogP contribution in [0.25, 0.3) is 6.08 Å². The zero-order valence-corrected chi connectivity index (χ0v) is 16.4. The van der Waals surface area contributed by atoms with E-state index >= 15 is 0 Å². The Bertz CT molecular complexity index is 957. The van der Waals surface area contributed by atoms with Gasteiger partial charge in [0.05, 0.1) is 10.6 Å². The molecule has 6 nitrogen and oxygen atoms in total. The number of hydrogen-bond acceptors (Lipinski definition) is 5. The van der Waals surface area contributed by atoms with Crippen molar-refractivity contribution in [2.24, 2.45) is 0 Å². The maximum absolute atomic E-state index is 12.7. The number of anilines is 1. The number of ether oxygens (including phenoxy) is 1. The van der Waals surface area contributed by atoms with Crippen LogP contribution in [0.2, 0.25) is 5.02 Å². The SMILES string of the molecule is CCC(Oc1cccc(/C=C2/SC(=O)N(c3ccc(Cl)cc3)C2=O)c1)C(=O)O. The molecule has 2 amide bonds. The van der Waals surface area contributed by atoms with Crippen molar-refractivity contribution in [3.63, 3.8) is 0 Å². The number of thioether (sulfide) groups is 1. The van der Waals surface area contributed by atoms with Crippen molar-refractivity contribution in [2.75, 3.05) is 4.90 Å². The van der Waals surface area contributed by atoms with E-state index in [1.165, 1.54) is 0 Å². The van der Waals surface area contributed by atoms with Gasteiger partial charge < -0.3 is 9.84 Å². The van der Waals surface area contributed by atoms with Gasteiger partial charge in [-0.15, -0.1) is 0 Å². The number of benzene rings is 2. The number of imide groups is 1. The standard InChI is InChI=1S/C20H16ClNO5S/c1-2-16(19(24)25)27-15-5-3-4-12(10-15)11-17-18(23)22(20(26)28-17)14-8-6-13(21)7-9-14/h3-11,16H,2H2,1H3,(H,24,25)/b17-11+. The third-order valence-electron chi connectivity index (χ3n) is 3.96. The first kappa shape index (κ1) is 20.0. The van der Waals surface area contributed by atoms with Gasteiger partial charge in [-0.3, -0.25) is 9.59 Å². The number of carbonyl (C=O) groups is 3. The highest BCUT2D eigenvalue weighted by Gasteiger charge is 2.36. The highest BCUT2D eigenvalue weighted by molar-refractivity contribution is 8.19. The molecule has 0 aliphatic carbocycles. The smallest absolute Gasteiger partial charge is 0.344 e. The van der Waals surface area contributed by atoms with E-state index in [0.717, 1.165) is 16.7 Å². The van der Waals surface area contributed by atoms with Crippen LogP contribution in [0.4, 0.5) is 10.5 Å². The molecule has 1 heterocycles. The van der Waals surface area contributed by atoms with E-state index < -0.39 is 23.2 Å². The Morgan fingerprint density at radius 1 is 1.25 bits per heavy atom. The van der Waals surface area contributed by atoms with E-state index in [0.29, 0.717) is 28.4 Å². The minimum Gasteiger partial charge on any atom is -0.479 e. The van der Waals surface area contributed by atoms with E-state index in [-0.39, 0.29) is 4.91 Å². The fourth-order valence-electron chi connectivity index (χ4n) is 2.58. The van der Waals surface area contributed by atoms with Gasteiger partial charge in [0.1, 0.15) is 5.75 Å². The highest BCUT2D eigenvalue weighted by atomic mass is 35.5. The van der Waals surface area contributed by atoms with Crippen molar-refractivity contribution < 1.29 is 24.2 Å². The first-order valence-corrected chi connectivity index (χ1v) is 9.61. The number of rotatable bonds is 6. The fraction of sp³-hybridized carbons (Fsp3) is 0.150. The van der Waals surface area contributed by atoms with E-state index in [2.05, 4.69) is 0 Å². The predicted molar refractivity (Wildman–Crippen MR) is 109 cm³/mol. The number of carboxylic acids is 1. The van der Waals surface area contributed by atoms with Gasteiger partial charge in [0, 0.05) is 5.02 Å². The number of amides is 2. The van der Waals surface area contributed by atoms with Crippen molar-refractivity contribution in [1.29, 1.82) is 0 Å². The second-order valence-corrected chi connectivity index (χ2v) is 7.35. The molecule has 0 saturated carbocycles. The van der Waals surface area contributed by atoms with E-state index in [1.807, 2.05) is 0 Å². The minimum absolute atomic E-state index is 0.266. The molecule has 8 heteroatoms. The summed E-state index contributed by atoms with van der Waals surface area (Å²) in [6.07, 6.45) is 0.946. The van der Waals surface area contributed by atoms with Crippen LogP contribution >= 0.6 is 23.4 Å².